The van der Waals surface area contributed by atoms with Gasteiger partial charge in [-0.2, -0.15) is 0 Å². The number of nitrogens with zero attached hydrogens (tertiary/aromatic N) is 2. The number of halogens is 1. The van der Waals surface area contributed by atoms with Gasteiger partial charge in [-0.1, -0.05) is 22.0 Å². The zero-order valence-corrected chi connectivity index (χ0v) is 10.8. The number of benzene rings is 1. The lowest BCUT2D eigenvalue weighted by Crippen LogP contribution is -1.93. The Hall–Kier alpha value is -1.62. The van der Waals surface area contributed by atoms with Crippen LogP contribution in [0.1, 0.15) is 5.56 Å². The molecule has 0 aliphatic heterocycles. The van der Waals surface area contributed by atoms with E-state index >= 15 is 0 Å². The Morgan fingerprint density at radius 2 is 1.88 bits per heavy atom. The maximum absolute atomic E-state index is 5.50. The number of rotatable bonds is 4. The Morgan fingerprint density at radius 3 is 2.53 bits per heavy atom. The van der Waals surface area contributed by atoms with Crippen LogP contribution in [-0.2, 0) is 5.33 Å². The van der Waals surface area contributed by atoms with Crippen molar-refractivity contribution in [2.75, 3.05) is 7.11 Å². The summed E-state index contributed by atoms with van der Waals surface area (Å²) in [6, 6.07) is 7.62. The third kappa shape index (κ3) is 3.17. The number of ether oxygens (including phenoxy) is 2. The molecule has 0 aliphatic carbocycles. The van der Waals surface area contributed by atoms with Gasteiger partial charge in [0.15, 0.2) is 0 Å². The van der Waals surface area contributed by atoms with Crippen LogP contribution in [0.5, 0.6) is 17.5 Å². The summed E-state index contributed by atoms with van der Waals surface area (Å²) >= 11 is 3.33. The predicted octanol–water partition coefficient (Wildman–Crippen LogP) is 3.17. The molecule has 0 saturated carbocycles. The van der Waals surface area contributed by atoms with Gasteiger partial charge in [-0.25, -0.2) is 9.97 Å². The van der Waals surface area contributed by atoms with Crippen molar-refractivity contribution in [1.82, 2.24) is 9.97 Å². The van der Waals surface area contributed by atoms with Gasteiger partial charge in [-0.3, -0.25) is 0 Å². The fourth-order valence-corrected chi connectivity index (χ4v) is 1.52. The van der Waals surface area contributed by atoms with Gasteiger partial charge in [0.2, 0.25) is 0 Å². The molecule has 0 N–H and O–H groups in total. The zero-order valence-electron chi connectivity index (χ0n) is 9.26. The first kappa shape index (κ1) is 11.9. The molecule has 17 heavy (non-hydrogen) atoms. The fraction of sp³-hybridized carbons (Fsp3) is 0.167. The molecule has 0 amide bonds. The van der Waals surface area contributed by atoms with Gasteiger partial charge >= 0.3 is 6.01 Å². The van der Waals surface area contributed by atoms with Gasteiger partial charge in [-0.05, 0) is 17.7 Å². The summed E-state index contributed by atoms with van der Waals surface area (Å²) in [7, 11) is 1.61. The predicted molar refractivity (Wildman–Crippen MR) is 67.7 cm³/mol. The van der Waals surface area contributed by atoms with Gasteiger partial charge in [-0.15, -0.1) is 0 Å². The second-order valence-corrected chi connectivity index (χ2v) is 3.85. The monoisotopic (exact) mass is 294 g/mol. The van der Waals surface area contributed by atoms with Crippen molar-refractivity contribution in [3.05, 3.63) is 42.2 Å². The van der Waals surface area contributed by atoms with Crippen LogP contribution in [-0.4, -0.2) is 17.1 Å². The van der Waals surface area contributed by atoms with Crippen molar-refractivity contribution in [3.8, 4) is 17.5 Å². The Labute approximate surface area is 108 Å². The molecule has 0 unspecified atom stereocenters. The Bertz CT molecular complexity index is 488. The molecular formula is C12H11BrN2O2. The van der Waals surface area contributed by atoms with Crippen molar-refractivity contribution in [3.63, 3.8) is 0 Å². The van der Waals surface area contributed by atoms with E-state index in [0.29, 0.717) is 11.8 Å². The third-order valence-corrected chi connectivity index (χ3v) is 2.73. The van der Waals surface area contributed by atoms with Gasteiger partial charge in [0.1, 0.15) is 11.5 Å². The van der Waals surface area contributed by atoms with Crippen LogP contribution in [0.15, 0.2) is 36.7 Å². The molecular weight excluding hydrogens is 284 g/mol. The summed E-state index contributed by atoms with van der Waals surface area (Å²) in [5, 5.41) is 0.729. The topological polar surface area (TPSA) is 44.2 Å². The van der Waals surface area contributed by atoms with E-state index in [4.69, 9.17) is 9.47 Å². The van der Waals surface area contributed by atoms with Crippen LogP contribution < -0.4 is 9.47 Å². The molecule has 2 aromatic rings. The normalized spacial score (nSPS) is 10.0. The van der Waals surface area contributed by atoms with Gasteiger partial charge in [0.05, 0.1) is 7.11 Å². The molecule has 0 radical (unpaired) electrons. The molecule has 0 atom stereocenters. The molecule has 0 spiro atoms. The SMILES string of the molecule is COc1cccc(Oc2ncc(CBr)cn2)c1. The molecule has 0 bridgehead atoms. The van der Waals surface area contributed by atoms with E-state index in [1.54, 1.807) is 25.6 Å². The van der Waals surface area contributed by atoms with Crippen LogP contribution in [0, 0.1) is 0 Å². The van der Waals surface area contributed by atoms with Gasteiger partial charge in [0, 0.05) is 23.8 Å². The van der Waals surface area contributed by atoms with E-state index in [1.807, 2.05) is 18.2 Å². The van der Waals surface area contributed by atoms with Gasteiger partial charge < -0.3 is 9.47 Å². The maximum atomic E-state index is 5.50. The minimum Gasteiger partial charge on any atom is -0.497 e. The highest BCUT2D eigenvalue weighted by Gasteiger charge is 2.01. The number of alkyl halides is 1. The molecule has 2 rings (SSSR count). The zero-order chi connectivity index (χ0) is 12.1. The molecule has 5 heteroatoms. The first-order chi connectivity index (χ1) is 8.31. The second kappa shape index (κ2) is 5.63. The third-order valence-electron chi connectivity index (χ3n) is 2.09. The summed E-state index contributed by atoms with van der Waals surface area (Å²) in [5.41, 5.74) is 1.00. The Kier molecular flexibility index (Phi) is 3.93. The molecule has 1 aromatic carbocycles. The minimum absolute atomic E-state index is 0.322. The van der Waals surface area contributed by atoms with E-state index in [-0.39, 0.29) is 0 Å². The van der Waals surface area contributed by atoms with E-state index in [1.165, 1.54) is 0 Å². The van der Waals surface area contributed by atoms with Crippen LogP contribution in [0.4, 0.5) is 0 Å². The van der Waals surface area contributed by atoms with Crippen LogP contribution >= 0.6 is 15.9 Å². The Balaban J connectivity index is 2.13. The van der Waals surface area contributed by atoms with Crippen molar-refractivity contribution >= 4 is 15.9 Å². The summed E-state index contributed by atoms with van der Waals surface area (Å²) in [6.07, 6.45) is 3.44. The summed E-state index contributed by atoms with van der Waals surface area (Å²) < 4.78 is 10.6. The average Bonchev–Trinajstić information content (AvgIpc) is 2.40. The highest BCUT2D eigenvalue weighted by molar-refractivity contribution is 9.08. The van der Waals surface area contributed by atoms with E-state index in [9.17, 15) is 0 Å². The van der Waals surface area contributed by atoms with Crippen molar-refractivity contribution in [1.29, 1.82) is 0 Å². The molecule has 88 valence electrons. The number of hydrogen-bond acceptors (Lipinski definition) is 4. The Morgan fingerprint density at radius 1 is 1.18 bits per heavy atom. The molecule has 0 aliphatic rings. The standard InChI is InChI=1S/C12H11BrN2O2/c1-16-10-3-2-4-11(5-10)17-12-14-7-9(6-13)8-15-12/h2-5,7-8H,6H2,1H3. The summed E-state index contributed by atoms with van der Waals surface area (Å²) in [4.78, 5) is 8.19. The highest BCUT2D eigenvalue weighted by Crippen LogP contribution is 2.22. The van der Waals surface area contributed by atoms with Gasteiger partial charge in [0.25, 0.3) is 0 Å². The molecule has 0 saturated heterocycles. The van der Waals surface area contributed by atoms with E-state index < -0.39 is 0 Å². The fourth-order valence-electron chi connectivity index (χ4n) is 1.23. The van der Waals surface area contributed by atoms with Crippen LogP contribution in [0.25, 0.3) is 0 Å². The van der Waals surface area contributed by atoms with Crippen molar-refractivity contribution < 1.29 is 9.47 Å². The largest absolute Gasteiger partial charge is 0.497 e. The highest BCUT2D eigenvalue weighted by atomic mass is 79.9. The minimum atomic E-state index is 0.322. The average molecular weight is 295 g/mol. The number of methoxy groups -OCH3 is 1. The molecule has 4 nitrogen and oxygen atoms in total. The van der Waals surface area contributed by atoms with E-state index in [0.717, 1.165) is 16.6 Å². The number of hydrogen-bond donors (Lipinski definition) is 0. The lowest BCUT2D eigenvalue weighted by atomic mass is 10.3. The maximum Gasteiger partial charge on any atom is 0.321 e. The van der Waals surface area contributed by atoms with E-state index in [2.05, 4.69) is 25.9 Å². The summed E-state index contributed by atoms with van der Waals surface area (Å²) in [5.74, 6) is 1.38. The first-order valence-electron chi connectivity index (χ1n) is 5.00. The molecule has 0 fully saturated rings. The quantitative estimate of drug-likeness (QED) is 0.813. The molecule has 1 heterocycles. The smallest absolute Gasteiger partial charge is 0.321 e. The molecule has 1 aromatic heterocycles. The van der Waals surface area contributed by atoms with Crippen LogP contribution in [0.2, 0.25) is 0 Å². The lowest BCUT2D eigenvalue weighted by Gasteiger charge is -2.05. The lowest BCUT2D eigenvalue weighted by molar-refractivity contribution is 0.404. The van der Waals surface area contributed by atoms with Crippen LogP contribution in [0.3, 0.4) is 0 Å². The van der Waals surface area contributed by atoms with Crippen molar-refractivity contribution in [2.24, 2.45) is 0 Å². The first-order valence-corrected chi connectivity index (χ1v) is 6.13. The second-order valence-electron chi connectivity index (χ2n) is 3.29. The number of aromatic nitrogens is 2. The van der Waals surface area contributed by atoms with Crippen molar-refractivity contribution in [2.45, 2.75) is 5.33 Å². The summed E-state index contributed by atoms with van der Waals surface area (Å²) in [6.45, 7) is 0.